The quantitative estimate of drug-likeness (QED) is 0.202. The summed E-state index contributed by atoms with van der Waals surface area (Å²) in [6.45, 7) is 0. The van der Waals surface area contributed by atoms with Crippen LogP contribution in [0, 0.1) is 0 Å². The highest BCUT2D eigenvalue weighted by Crippen LogP contribution is 2.50. The molecule has 1 aliphatic rings. The van der Waals surface area contributed by atoms with Crippen LogP contribution in [0.1, 0.15) is 0 Å². The number of fused-ring (bicyclic) bond motifs is 10. The SMILES string of the molecule is c1ccc2c(c1)-c1cccc3c(-c4ccccc4-n4c5ccccc5c5c6c(ccc54)sc4ccccc46)ccc-2c13. The zero-order valence-corrected chi connectivity index (χ0v) is 23.5. The summed E-state index contributed by atoms with van der Waals surface area (Å²) in [5.74, 6) is 0. The maximum absolute atomic E-state index is 2.49. The van der Waals surface area contributed by atoms with Crippen LogP contribution in [0.5, 0.6) is 0 Å². The lowest BCUT2D eigenvalue weighted by atomic mass is 9.93. The van der Waals surface area contributed by atoms with Crippen LogP contribution in [-0.2, 0) is 0 Å². The molecular formula is C40H23NS. The fourth-order valence-corrected chi connectivity index (χ4v) is 8.59. The van der Waals surface area contributed by atoms with Crippen LogP contribution in [0.15, 0.2) is 140 Å². The zero-order chi connectivity index (χ0) is 27.4. The largest absolute Gasteiger partial charge is 0.309 e. The Hall–Kier alpha value is -5.18. The lowest BCUT2D eigenvalue weighted by Gasteiger charge is -2.16. The third-order valence-electron chi connectivity index (χ3n) is 9.16. The van der Waals surface area contributed by atoms with Gasteiger partial charge in [0.15, 0.2) is 0 Å². The van der Waals surface area contributed by atoms with E-state index in [4.69, 9.17) is 0 Å². The predicted octanol–water partition coefficient (Wildman–Crippen LogP) is 11.6. The Balaban J connectivity index is 1.32. The lowest BCUT2D eigenvalue weighted by molar-refractivity contribution is 1.18. The van der Waals surface area contributed by atoms with Gasteiger partial charge in [0.05, 0.1) is 16.7 Å². The van der Waals surface area contributed by atoms with Crippen LogP contribution >= 0.6 is 11.3 Å². The first-order valence-electron chi connectivity index (χ1n) is 14.5. The van der Waals surface area contributed by atoms with Crippen LogP contribution in [0.25, 0.3) is 91.8 Å². The van der Waals surface area contributed by atoms with E-state index < -0.39 is 0 Å². The molecule has 10 rings (SSSR count). The molecule has 2 heterocycles. The summed E-state index contributed by atoms with van der Waals surface area (Å²) in [5, 5.41) is 8.01. The van der Waals surface area contributed by atoms with Gasteiger partial charge in [-0.15, -0.1) is 11.3 Å². The highest BCUT2D eigenvalue weighted by atomic mass is 32.1. The maximum Gasteiger partial charge on any atom is 0.0548 e. The normalized spacial score (nSPS) is 12.3. The Labute approximate surface area is 246 Å². The van der Waals surface area contributed by atoms with Crippen LogP contribution in [0.3, 0.4) is 0 Å². The first-order valence-corrected chi connectivity index (χ1v) is 15.3. The van der Waals surface area contributed by atoms with Crippen molar-refractivity contribution in [2.24, 2.45) is 0 Å². The highest BCUT2D eigenvalue weighted by Gasteiger charge is 2.24. The highest BCUT2D eigenvalue weighted by molar-refractivity contribution is 7.26. The minimum atomic E-state index is 1.21. The van der Waals surface area contributed by atoms with E-state index >= 15 is 0 Å². The summed E-state index contributed by atoms with van der Waals surface area (Å²) in [7, 11) is 0. The van der Waals surface area contributed by atoms with Crippen molar-refractivity contribution >= 4 is 64.1 Å². The number of aromatic nitrogens is 1. The maximum atomic E-state index is 2.49. The molecule has 0 bridgehead atoms. The summed E-state index contributed by atoms with van der Waals surface area (Å²) in [6.07, 6.45) is 0. The second-order valence-corrected chi connectivity index (χ2v) is 12.3. The number of nitrogens with zero attached hydrogens (tertiary/aromatic N) is 1. The first kappa shape index (κ1) is 22.5. The van der Waals surface area contributed by atoms with Gasteiger partial charge in [0.1, 0.15) is 0 Å². The van der Waals surface area contributed by atoms with Crippen molar-refractivity contribution in [3.05, 3.63) is 140 Å². The van der Waals surface area contributed by atoms with E-state index in [2.05, 4.69) is 144 Å². The van der Waals surface area contributed by atoms with Crippen molar-refractivity contribution in [3.63, 3.8) is 0 Å². The van der Waals surface area contributed by atoms with Gasteiger partial charge in [0, 0.05) is 36.5 Å². The molecule has 0 spiro atoms. The van der Waals surface area contributed by atoms with Gasteiger partial charge in [-0.1, -0.05) is 109 Å². The minimum absolute atomic E-state index is 1.21. The number of thiophene rings is 1. The molecule has 42 heavy (non-hydrogen) atoms. The molecule has 0 radical (unpaired) electrons. The van der Waals surface area contributed by atoms with Crippen molar-refractivity contribution in [1.82, 2.24) is 4.57 Å². The molecular weight excluding hydrogens is 527 g/mol. The fraction of sp³-hybridized carbons (Fsp3) is 0. The molecule has 2 aromatic heterocycles. The lowest BCUT2D eigenvalue weighted by Crippen LogP contribution is -1.97. The standard InChI is InChI=1S/C40H23NS/c1-2-11-25-24(10-1)28-15-9-16-29-26(20-21-30(25)38(28)29)27-12-3-6-17-33(27)41-34-18-7-4-13-31(34)39-35(41)22-23-37-40(39)32-14-5-8-19-36(32)42-37/h1-23H. The number of rotatable bonds is 2. The van der Waals surface area contributed by atoms with Crippen molar-refractivity contribution in [2.75, 3.05) is 0 Å². The van der Waals surface area contributed by atoms with Gasteiger partial charge < -0.3 is 4.57 Å². The molecule has 0 saturated carbocycles. The Kier molecular flexibility index (Phi) is 4.39. The van der Waals surface area contributed by atoms with E-state index in [1.807, 2.05) is 11.3 Å². The Morgan fingerprint density at radius 2 is 0.976 bits per heavy atom. The molecule has 0 fully saturated rings. The van der Waals surface area contributed by atoms with E-state index in [1.165, 1.54) is 91.8 Å². The number of hydrogen-bond donors (Lipinski definition) is 0. The van der Waals surface area contributed by atoms with E-state index in [-0.39, 0.29) is 0 Å². The number of benzene rings is 7. The molecule has 1 aliphatic carbocycles. The van der Waals surface area contributed by atoms with Gasteiger partial charge in [-0.2, -0.15) is 0 Å². The van der Waals surface area contributed by atoms with Crippen molar-refractivity contribution in [1.29, 1.82) is 0 Å². The van der Waals surface area contributed by atoms with Gasteiger partial charge in [0.25, 0.3) is 0 Å². The summed E-state index contributed by atoms with van der Waals surface area (Å²) >= 11 is 1.89. The molecule has 7 aromatic carbocycles. The molecule has 0 aliphatic heterocycles. The van der Waals surface area contributed by atoms with Crippen LogP contribution < -0.4 is 0 Å². The smallest absolute Gasteiger partial charge is 0.0548 e. The third kappa shape index (κ3) is 2.82. The molecule has 0 saturated heterocycles. The Morgan fingerprint density at radius 3 is 1.86 bits per heavy atom. The molecule has 1 nitrogen and oxygen atoms in total. The Bertz CT molecular complexity index is 2550. The summed E-state index contributed by atoms with van der Waals surface area (Å²) < 4.78 is 5.17. The van der Waals surface area contributed by atoms with Crippen molar-refractivity contribution < 1.29 is 0 Å². The fourth-order valence-electron chi connectivity index (χ4n) is 7.47. The monoisotopic (exact) mass is 549 g/mol. The van der Waals surface area contributed by atoms with Crippen LogP contribution in [0.4, 0.5) is 0 Å². The molecule has 2 heteroatoms. The molecule has 0 N–H and O–H groups in total. The van der Waals surface area contributed by atoms with E-state index in [1.54, 1.807) is 0 Å². The molecule has 194 valence electrons. The summed E-state index contributed by atoms with van der Waals surface area (Å²) in [5.41, 5.74) is 11.5. The van der Waals surface area contributed by atoms with Crippen molar-refractivity contribution in [2.45, 2.75) is 0 Å². The molecule has 0 atom stereocenters. The molecule has 9 aromatic rings. The Morgan fingerprint density at radius 1 is 0.333 bits per heavy atom. The number of para-hydroxylation sites is 2. The molecule has 0 unspecified atom stereocenters. The van der Waals surface area contributed by atoms with Gasteiger partial charge in [-0.25, -0.2) is 0 Å². The zero-order valence-electron chi connectivity index (χ0n) is 22.6. The van der Waals surface area contributed by atoms with Gasteiger partial charge in [-0.3, -0.25) is 0 Å². The average molecular weight is 550 g/mol. The second kappa shape index (κ2) is 8.19. The van der Waals surface area contributed by atoms with E-state index in [9.17, 15) is 0 Å². The van der Waals surface area contributed by atoms with Crippen molar-refractivity contribution in [3.8, 4) is 39.1 Å². The van der Waals surface area contributed by atoms with E-state index in [0.29, 0.717) is 0 Å². The minimum Gasteiger partial charge on any atom is -0.309 e. The average Bonchev–Trinajstić information content (AvgIpc) is 3.70. The third-order valence-corrected chi connectivity index (χ3v) is 10.3. The van der Waals surface area contributed by atoms with Gasteiger partial charge >= 0.3 is 0 Å². The van der Waals surface area contributed by atoms with Crippen LogP contribution in [0.2, 0.25) is 0 Å². The van der Waals surface area contributed by atoms with E-state index in [0.717, 1.165) is 0 Å². The van der Waals surface area contributed by atoms with Gasteiger partial charge in [0.2, 0.25) is 0 Å². The predicted molar refractivity (Wildman–Crippen MR) is 181 cm³/mol. The summed E-state index contributed by atoms with van der Waals surface area (Å²) in [6, 6.07) is 51.6. The first-order chi connectivity index (χ1) is 20.9. The topological polar surface area (TPSA) is 4.93 Å². The van der Waals surface area contributed by atoms with Gasteiger partial charge in [-0.05, 0) is 68.9 Å². The second-order valence-electron chi connectivity index (χ2n) is 11.2. The number of hydrogen-bond acceptors (Lipinski definition) is 1. The molecule has 0 amide bonds. The van der Waals surface area contributed by atoms with Crippen LogP contribution in [-0.4, -0.2) is 4.57 Å². The summed E-state index contributed by atoms with van der Waals surface area (Å²) in [4.78, 5) is 0.